The third-order valence-corrected chi connectivity index (χ3v) is 1.91. The molecule has 0 aromatic rings. The predicted molar refractivity (Wildman–Crippen MR) is 59.0 cm³/mol. The molecular weight excluding hydrogens is 195 g/mol. The summed E-state index contributed by atoms with van der Waals surface area (Å²) in [5.41, 5.74) is 0. The lowest BCUT2D eigenvalue weighted by Gasteiger charge is -2.12. The summed E-state index contributed by atoms with van der Waals surface area (Å²) in [6.07, 6.45) is 5.02. The lowest BCUT2D eigenvalue weighted by molar-refractivity contribution is -0.144. The molecule has 4 nitrogen and oxygen atoms in total. The Labute approximate surface area is 91.1 Å². The molecule has 0 aliphatic heterocycles. The highest BCUT2D eigenvalue weighted by molar-refractivity contribution is 6.47. The molecule has 5 heteroatoms. The van der Waals surface area contributed by atoms with Gasteiger partial charge < -0.3 is 14.8 Å². The number of esters is 1. The van der Waals surface area contributed by atoms with Crippen molar-refractivity contribution >= 4 is 13.1 Å². The van der Waals surface area contributed by atoms with Gasteiger partial charge in [0.05, 0.1) is 0 Å². The minimum Gasteiger partial charge on any atom is -0.458 e. The molecule has 0 saturated heterocycles. The maximum absolute atomic E-state index is 10.8. The van der Waals surface area contributed by atoms with Crippen molar-refractivity contribution < 1.29 is 19.6 Å². The zero-order valence-corrected chi connectivity index (χ0v) is 9.35. The Bertz CT molecular complexity index is 204. The van der Waals surface area contributed by atoms with Crippen LogP contribution in [0.1, 0.15) is 39.5 Å². The Balaban J connectivity index is 4.00. The second kappa shape index (κ2) is 8.50. The highest BCUT2D eigenvalue weighted by atomic mass is 16.5. The molecular formula is C10H19BO4. The molecule has 0 aromatic heterocycles. The maximum atomic E-state index is 10.8. The van der Waals surface area contributed by atoms with Gasteiger partial charge in [-0.2, -0.15) is 0 Å². The zero-order chi connectivity index (χ0) is 11.7. The van der Waals surface area contributed by atoms with Gasteiger partial charge in [0.1, 0.15) is 6.10 Å². The van der Waals surface area contributed by atoms with Crippen molar-refractivity contribution in [2.75, 3.05) is 0 Å². The highest BCUT2D eigenvalue weighted by Crippen LogP contribution is 2.08. The van der Waals surface area contributed by atoms with Crippen molar-refractivity contribution in [3.63, 3.8) is 0 Å². The quantitative estimate of drug-likeness (QED) is 0.378. The summed E-state index contributed by atoms with van der Waals surface area (Å²) < 4.78 is 5.00. The van der Waals surface area contributed by atoms with E-state index < -0.39 is 7.12 Å². The van der Waals surface area contributed by atoms with Crippen LogP contribution in [-0.4, -0.2) is 29.2 Å². The molecule has 0 saturated carbocycles. The van der Waals surface area contributed by atoms with Crippen molar-refractivity contribution in [2.45, 2.75) is 45.6 Å². The monoisotopic (exact) mass is 214 g/mol. The van der Waals surface area contributed by atoms with Crippen LogP contribution in [0, 0.1) is 0 Å². The molecule has 0 aliphatic rings. The van der Waals surface area contributed by atoms with E-state index in [0.29, 0.717) is 0 Å². The molecule has 1 atom stereocenters. The molecule has 0 radical (unpaired) electrons. The first-order valence-electron chi connectivity index (χ1n) is 5.28. The molecule has 86 valence electrons. The van der Waals surface area contributed by atoms with E-state index in [1.54, 1.807) is 0 Å². The van der Waals surface area contributed by atoms with Crippen LogP contribution in [0.2, 0.25) is 0 Å². The van der Waals surface area contributed by atoms with Crippen LogP contribution in [0.25, 0.3) is 0 Å². The third kappa shape index (κ3) is 9.50. The number of ether oxygens (including phenoxy) is 1. The smallest absolute Gasteiger partial charge is 0.458 e. The number of unbranched alkanes of at least 4 members (excludes halogenated alkanes) is 2. The normalized spacial score (nSPS) is 12.8. The number of hydrogen-bond donors (Lipinski definition) is 2. The van der Waals surface area contributed by atoms with E-state index in [4.69, 9.17) is 14.8 Å². The molecule has 0 rings (SSSR count). The SMILES string of the molecule is CCCCCC(C=CB(O)O)OC(C)=O. The fourth-order valence-electron chi connectivity index (χ4n) is 1.23. The Morgan fingerprint density at radius 3 is 2.60 bits per heavy atom. The van der Waals surface area contributed by atoms with Crippen molar-refractivity contribution in [3.8, 4) is 0 Å². The van der Waals surface area contributed by atoms with Crippen LogP contribution in [0.5, 0.6) is 0 Å². The summed E-state index contributed by atoms with van der Waals surface area (Å²) in [7, 11) is -1.49. The van der Waals surface area contributed by atoms with Gasteiger partial charge in [0.15, 0.2) is 0 Å². The Hall–Kier alpha value is -0.805. The molecule has 0 aliphatic carbocycles. The molecule has 0 spiro atoms. The number of carbonyl (C=O) groups excluding carboxylic acids is 1. The standard InChI is InChI=1S/C10H19BO4/c1-3-4-5-6-10(15-9(2)12)7-8-11(13)14/h7-8,10,13-14H,3-6H2,1-2H3. The molecule has 15 heavy (non-hydrogen) atoms. The summed E-state index contributed by atoms with van der Waals surface area (Å²) in [5.74, 6) is 0.855. The first kappa shape index (κ1) is 14.2. The van der Waals surface area contributed by atoms with E-state index >= 15 is 0 Å². The molecule has 1 unspecified atom stereocenters. The van der Waals surface area contributed by atoms with Crippen LogP contribution >= 0.6 is 0 Å². The minimum atomic E-state index is -1.49. The van der Waals surface area contributed by atoms with Crippen LogP contribution in [0.4, 0.5) is 0 Å². The van der Waals surface area contributed by atoms with E-state index in [0.717, 1.165) is 25.7 Å². The molecule has 0 amide bonds. The Morgan fingerprint density at radius 2 is 2.13 bits per heavy atom. The lowest BCUT2D eigenvalue weighted by Crippen LogP contribution is -2.16. The molecule has 0 heterocycles. The van der Waals surface area contributed by atoms with Crippen LogP contribution in [-0.2, 0) is 9.53 Å². The van der Waals surface area contributed by atoms with Crippen LogP contribution < -0.4 is 0 Å². The fourth-order valence-corrected chi connectivity index (χ4v) is 1.23. The van der Waals surface area contributed by atoms with E-state index in [1.165, 1.54) is 19.0 Å². The van der Waals surface area contributed by atoms with Gasteiger partial charge in [0, 0.05) is 6.92 Å². The third-order valence-electron chi connectivity index (χ3n) is 1.91. The van der Waals surface area contributed by atoms with Crippen molar-refractivity contribution in [3.05, 3.63) is 12.1 Å². The second-order valence-corrected chi connectivity index (χ2v) is 3.44. The van der Waals surface area contributed by atoms with Crippen molar-refractivity contribution in [2.24, 2.45) is 0 Å². The van der Waals surface area contributed by atoms with E-state index in [1.807, 2.05) is 0 Å². The van der Waals surface area contributed by atoms with Gasteiger partial charge in [-0.25, -0.2) is 0 Å². The predicted octanol–water partition coefficient (Wildman–Crippen LogP) is 1.07. The first-order chi connectivity index (χ1) is 7.06. The van der Waals surface area contributed by atoms with Gasteiger partial charge in [-0.15, -0.1) is 0 Å². The summed E-state index contributed by atoms with van der Waals surface area (Å²) in [6, 6.07) is 0. The Morgan fingerprint density at radius 1 is 1.47 bits per heavy atom. The summed E-state index contributed by atoms with van der Waals surface area (Å²) in [6.45, 7) is 3.43. The number of rotatable bonds is 7. The van der Waals surface area contributed by atoms with Gasteiger partial charge in [-0.05, 0) is 12.8 Å². The molecule has 0 bridgehead atoms. The Kier molecular flexibility index (Phi) is 8.04. The van der Waals surface area contributed by atoms with Gasteiger partial charge >= 0.3 is 13.1 Å². The minimum absolute atomic E-state index is 0.351. The first-order valence-corrected chi connectivity index (χ1v) is 5.28. The van der Waals surface area contributed by atoms with Crippen LogP contribution in [0.3, 0.4) is 0 Å². The molecule has 0 fully saturated rings. The average molecular weight is 214 g/mol. The van der Waals surface area contributed by atoms with Crippen LogP contribution in [0.15, 0.2) is 12.1 Å². The zero-order valence-electron chi connectivity index (χ0n) is 9.35. The van der Waals surface area contributed by atoms with Gasteiger partial charge in [-0.3, -0.25) is 4.79 Å². The summed E-state index contributed by atoms with van der Waals surface area (Å²) in [5, 5.41) is 17.3. The summed E-state index contributed by atoms with van der Waals surface area (Å²) in [4.78, 5) is 10.8. The average Bonchev–Trinajstić information content (AvgIpc) is 2.13. The second-order valence-electron chi connectivity index (χ2n) is 3.44. The summed E-state index contributed by atoms with van der Waals surface area (Å²) >= 11 is 0. The lowest BCUT2D eigenvalue weighted by atomic mass is 9.90. The highest BCUT2D eigenvalue weighted by Gasteiger charge is 2.09. The fraction of sp³-hybridized carbons (Fsp3) is 0.700. The maximum Gasteiger partial charge on any atom is 0.480 e. The van der Waals surface area contributed by atoms with E-state index in [9.17, 15) is 4.79 Å². The van der Waals surface area contributed by atoms with Crippen molar-refractivity contribution in [1.29, 1.82) is 0 Å². The number of hydrogen-bond acceptors (Lipinski definition) is 4. The van der Waals surface area contributed by atoms with Crippen molar-refractivity contribution in [1.82, 2.24) is 0 Å². The molecule has 2 N–H and O–H groups in total. The van der Waals surface area contributed by atoms with Gasteiger partial charge in [0.2, 0.25) is 0 Å². The van der Waals surface area contributed by atoms with Gasteiger partial charge in [-0.1, -0.05) is 31.8 Å². The molecule has 0 aromatic carbocycles. The van der Waals surface area contributed by atoms with E-state index in [2.05, 4.69) is 6.92 Å². The van der Waals surface area contributed by atoms with E-state index in [-0.39, 0.29) is 12.1 Å². The van der Waals surface area contributed by atoms with Gasteiger partial charge in [0.25, 0.3) is 0 Å². The topological polar surface area (TPSA) is 66.8 Å². The largest absolute Gasteiger partial charge is 0.480 e. The number of carbonyl (C=O) groups is 1.